The van der Waals surface area contributed by atoms with Crippen LogP contribution in [0.5, 0.6) is 0 Å². The first-order valence-corrected chi connectivity index (χ1v) is 10.9. The van der Waals surface area contributed by atoms with Crippen molar-refractivity contribution < 1.29 is 4.39 Å². The Balaban J connectivity index is 2.04. The highest BCUT2D eigenvalue weighted by atomic mass is 79.9. The first kappa shape index (κ1) is 15.3. The third-order valence-electron chi connectivity index (χ3n) is 3.23. The summed E-state index contributed by atoms with van der Waals surface area (Å²) in [6, 6.07) is 13.7. The van der Waals surface area contributed by atoms with Crippen molar-refractivity contribution in [3.63, 3.8) is 0 Å². The van der Waals surface area contributed by atoms with E-state index >= 15 is 0 Å². The predicted octanol–water partition coefficient (Wildman–Crippen LogP) is 4.75. The van der Waals surface area contributed by atoms with Gasteiger partial charge in [0, 0.05) is 11.0 Å². The maximum absolute atomic E-state index is 13.7. The van der Waals surface area contributed by atoms with Gasteiger partial charge in [0.05, 0.1) is 13.8 Å². The standard InChI is InChI=1S/C16H19BrFNSi/c1-20(2,3)14-7-4-12(5-8-14)11-19-16-9-6-13(17)10-15(16)18/h4-10,19H,11H2,1-3H3. The summed E-state index contributed by atoms with van der Waals surface area (Å²) in [5.74, 6) is -0.238. The van der Waals surface area contributed by atoms with Crippen LogP contribution in [0, 0.1) is 5.82 Å². The Morgan fingerprint density at radius 1 is 1.05 bits per heavy atom. The Morgan fingerprint density at radius 3 is 2.25 bits per heavy atom. The lowest BCUT2D eigenvalue weighted by molar-refractivity contribution is 0.629. The normalized spacial score (nSPS) is 11.4. The molecule has 0 aliphatic rings. The van der Waals surface area contributed by atoms with Crippen molar-refractivity contribution in [2.24, 2.45) is 0 Å². The average Bonchev–Trinajstić information content (AvgIpc) is 2.37. The third kappa shape index (κ3) is 3.93. The molecule has 2 aromatic rings. The highest BCUT2D eigenvalue weighted by Gasteiger charge is 2.15. The van der Waals surface area contributed by atoms with Crippen molar-refractivity contribution in [2.45, 2.75) is 26.2 Å². The van der Waals surface area contributed by atoms with Gasteiger partial charge in [-0.3, -0.25) is 0 Å². The van der Waals surface area contributed by atoms with Gasteiger partial charge in [-0.25, -0.2) is 4.39 Å². The molecule has 0 fully saturated rings. The summed E-state index contributed by atoms with van der Waals surface area (Å²) in [6.07, 6.45) is 0. The van der Waals surface area contributed by atoms with Crippen molar-refractivity contribution in [3.05, 3.63) is 58.3 Å². The van der Waals surface area contributed by atoms with Gasteiger partial charge in [0.2, 0.25) is 0 Å². The number of halogens is 2. The minimum absolute atomic E-state index is 0.238. The summed E-state index contributed by atoms with van der Waals surface area (Å²) in [5.41, 5.74) is 1.69. The molecule has 0 spiro atoms. The lowest BCUT2D eigenvalue weighted by Gasteiger charge is -2.17. The van der Waals surface area contributed by atoms with Crippen LogP contribution in [0.1, 0.15) is 5.56 Å². The maximum Gasteiger partial charge on any atom is 0.147 e. The maximum atomic E-state index is 13.7. The molecule has 0 unspecified atom stereocenters. The van der Waals surface area contributed by atoms with E-state index in [-0.39, 0.29) is 5.82 Å². The molecule has 0 atom stereocenters. The van der Waals surface area contributed by atoms with Crippen LogP contribution in [-0.4, -0.2) is 8.07 Å². The van der Waals surface area contributed by atoms with E-state index < -0.39 is 8.07 Å². The zero-order valence-electron chi connectivity index (χ0n) is 12.0. The molecule has 1 nitrogen and oxygen atoms in total. The van der Waals surface area contributed by atoms with Crippen LogP contribution in [0.25, 0.3) is 0 Å². The van der Waals surface area contributed by atoms with E-state index in [9.17, 15) is 4.39 Å². The molecule has 106 valence electrons. The molecular weight excluding hydrogens is 333 g/mol. The molecule has 0 bridgehead atoms. The van der Waals surface area contributed by atoms with Crippen LogP contribution in [0.4, 0.5) is 10.1 Å². The van der Waals surface area contributed by atoms with E-state index in [1.54, 1.807) is 6.07 Å². The van der Waals surface area contributed by atoms with E-state index in [0.717, 1.165) is 10.0 Å². The van der Waals surface area contributed by atoms with Gasteiger partial charge in [0.25, 0.3) is 0 Å². The number of nitrogens with one attached hydrogen (secondary N) is 1. The van der Waals surface area contributed by atoms with Crippen molar-refractivity contribution in [3.8, 4) is 0 Å². The van der Waals surface area contributed by atoms with E-state index in [1.165, 1.54) is 11.3 Å². The summed E-state index contributed by atoms with van der Waals surface area (Å²) in [5, 5.41) is 4.57. The third-order valence-corrected chi connectivity index (χ3v) is 5.79. The fourth-order valence-corrected chi connectivity index (χ4v) is 3.45. The Kier molecular flexibility index (Phi) is 4.65. The molecule has 0 saturated carbocycles. The second-order valence-electron chi connectivity index (χ2n) is 5.92. The Bertz CT molecular complexity index is 590. The number of rotatable bonds is 4. The summed E-state index contributed by atoms with van der Waals surface area (Å²) in [4.78, 5) is 0. The van der Waals surface area contributed by atoms with E-state index in [4.69, 9.17) is 0 Å². The molecule has 0 aliphatic carbocycles. The van der Waals surface area contributed by atoms with Crippen LogP contribution in [-0.2, 0) is 6.54 Å². The van der Waals surface area contributed by atoms with Crippen molar-refractivity contribution >= 4 is 34.9 Å². The van der Waals surface area contributed by atoms with Crippen LogP contribution in [0.15, 0.2) is 46.9 Å². The Morgan fingerprint density at radius 2 is 1.70 bits per heavy atom. The number of anilines is 1. The van der Waals surface area contributed by atoms with Crippen molar-refractivity contribution in [1.82, 2.24) is 0 Å². The molecule has 0 heterocycles. The van der Waals surface area contributed by atoms with Crippen LogP contribution in [0.2, 0.25) is 19.6 Å². The Hall–Kier alpha value is -1.13. The molecule has 0 amide bonds. The SMILES string of the molecule is C[Si](C)(C)c1ccc(CNc2ccc(Br)cc2F)cc1. The quantitative estimate of drug-likeness (QED) is 0.784. The zero-order chi connectivity index (χ0) is 14.8. The monoisotopic (exact) mass is 351 g/mol. The van der Waals surface area contributed by atoms with E-state index in [0.29, 0.717) is 12.2 Å². The van der Waals surface area contributed by atoms with Gasteiger partial charge in [0.15, 0.2) is 0 Å². The molecule has 0 radical (unpaired) electrons. The van der Waals surface area contributed by atoms with Crippen LogP contribution < -0.4 is 10.5 Å². The largest absolute Gasteiger partial charge is 0.379 e. The molecule has 0 saturated heterocycles. The van der Waals surface area contributed by atoms with Gasteiger partial charge >= 0.3 is 0 Å². The van der Waals surface area contributed by atoms with Gasteiger partial charge in [0.1, 0.15) is 5.82 Å². The first-order valence-electron chi connectivity index (χ1n) is 6.64. The second kappa shape index (κ2) is 6.10. The lowest BCUT2D eigenvalue weighted by Crippen LogP contribution is -2.37. The van der Waals surface area contributed by atoms with Gasteiger partial charge in [-0.2, -0.15) is 0 Å². The second-order valence-corrected chi connectivity index (χ2v) is 11.9. The molecular formula is C16H19BrFNSi. The summed E-state index contributed by atoms with van der Waals surface area (Å²) < 4.78 is 14.4. The van der Waals surface area contributed by atoms with Gasteiger partial charge in [-0.15, -0.1) is 0 Å². The molecule has 0 aliphatic heterocycles. The summed E-state index contributed by atoms with van der Waals surface area (Å²) in [6.45, 7) is 7.62. The van der Waals surface area contributed by atoms with Gasteiger partial charge < -0.3 is 5.32 Å². The predicted molar refractivity (Wildman–Crippen MR) is 90.8 cm³/mol. The lowest BCUT2D eigenvalue weighted by atomic mass is 10.2. The van der Waals surface area contributed by atoms with Crippen molar-refractivity contribution in [1.29, 1.82) is 0 Å². The van der Waals surface area contributed by atoms with Gasteiger partial charge in [-0.05, 0) is 23.8 Å². The fraction of sp³-hybridized carbons (Fsp3) is 0.250. The first-order chi connectivity index (χ1) is 9.36. The van der Waals surface area contributed by atoms with Crippen molar-refractivity contribution in [2.75, 3.05) is 5.32 Å². The minimum Gasteiger partial charge on any atom is -0.379 e. The number of hydrogen-bond acceptors (Lipinski definition) is 1. The fourth-order valence-electron chi connectivity index (χ4n) is 1.95. The number of hydrogen-bond donors (Lipinski definition) is 1. The molecule has 20 heavy (non-hydrogen) atoms. The summed E-state index contributed by atoms with van der Waals surface area (Å²) in [7, 11) is -1.24. The molecule has 0 aromatic heterocycles. The van der Waals surface area contributed by atoms with Crippen LogP contribution in [0.3, 0.4) is 0 Å². The van der Waals surface area contributed by atoms with E-state index in [1.807, 2.05) is 6.07 Å². The number of benzene rings is 2. The molecule has 2 rings (SSSR count). The smallest absolute Gasteiger partial charge is 0.147 e. The van der Waals surface area contributed by atoms with Crippen LogP contribution >= 0.6 is 15.9 Å². The van der Waals surface area contributed by atoms with E-state index in [2.05, 4.69) is 65.2 Å². The van der Waals surface area contributed by atoms with Gasteiger partial charge in [-0.1, -0.05) is 65.0 Å². The Labute approximate surface area is 129 Å². The minimum atomic E-state index is -1.24. The highest BCUT2D eigenvalue weighted by Crippen LogP contribution is 2.19. The summed E-state index contributed by atoms with van der Waals surface area (Å²) >= 11 is 3.25. The zero-order valence-corrected chi connectivity index (χ0v) is 14.6. The average molecular weight is 352 g/mol. The highest BCUT2D eigenvalue weighted by molar-refractivity contribution is 9.10. The molecule has 2 aromatic carbocycles. The molecule has 1 N–H and O–H groups in total. The topological polar surface area (TPSA) is 12.0 Å². The molecule has 4 heteroatoms.